The fourth-order valence-corrected chi connectivity index (χ4v) is 5.59. The molecular weight excluding hydrogens is 390 g/mol. The number of benzene rings is 2. The van der Waals surface area contributed by atoms with Gasteiger partial charge in [0, 0.05) is 23.7 Å². The smallest absolute Gasteiger partial charge is 0.254 e. The van der Waals surface area contributed by atoms with Crippen molar-refractivity contribution in [1.29, 1.82) is 0 Å². The molecule has 142 valence electrons. The van der Waals surface area contributed by atoms with Crippen molar-refractivity contribution in [2.45, 2.75) is 11.7 Å². The number of ether oxygens (including phenoxy) is 2. The first kappa shape index (κ1) is 18.1. The van der Waals surface area contributed by atoms with Crippen molar-refractivity contribution < 1.29 is 22.7 Å². The lowest BCUT2D eigenvalue weighted by Gasteiger charge is -2.20. The van der Waals surface area contributed by atoms with Crippen molar-refractivity contribution in [2.75, 3.05) is 25.6 Å². The monoisotopic (exact) mass is 407 g/mol. The van der Waals surface area contributed by atoms with E-state index in [1.807, 2.05) is 0 Å². The van der Waals surface area contributed by atoms with Gasteiger partial charge in [-0.15, -0.1) is 0 Å². The molecule has 1 amide bonds. The van der Waals surface area contributed by atoms with E-state index < -0.39 is 15.1 Å². The molecule has 0 N–H and O–H groups in total. The molecule has 6 nitrogen and oxygen atoms in total. The summed E-state index contributed by atoms with van der Waals surface area (Å²) in [5, 5.41) is -0.276. The summed E-state index contributed by atoms with van der Waals surface area (Å²) >= 11 is 6.22. The molecule has 4 rings (SSSR count). The fourth-order valence-electron chi connectivity index (χ4n) is 3.44. The van der Waals surface area contributed by atoms with Gasteiger partial charge in [0.25, 0.3) is 5.91 Å². The minimum Gasteiger partial charge on any atom is -0.454 e. The predicted octanol–water partition coefficient (Wildman–Crippen LogP) is 3.07. The van der Waals surface area contributed by atoms with Crippen LogP contribution in [0.3, 0.4) is 0 Å². The van der Waals surface area contributed by atoms with E-state index in [2.05, 4.69) is 0 Å². The van der Waals surface area contributed by atoms with Crippen LogP contribution in [0.4, 0.5) is 0 Å². The van der Waals surface area contributed by atoms with Crippen molar-refractivity contribution >= 4 is 27.3 Å². The van der Waals surface area contributed by atoms with Gasteiger partial charge in [0.15, 0.2) is 21.3 Å². The molecule has 1 unspecified atom stereocenters. The summed E-state index contributed by atoms with van der Waals surface area (Å²) in [6.45, 7) is 0.618. The summed E-state index contributed by atoms with van der Waals surface area (Å²) < 4.78 is 36.1. The standard InChI is InChI=1S/C19H18ClNO5S/c20-15-4-2-1-3-14(15)18-7-8-21(9-10-27(18,23)24)19(22)13-5-6-16-17(11-13)26-12-25-16/h1-6,11,18H,7-10,12H2. The average molecular weight is 408 g/mol. The van der Waals surface area contributed by atoms with E-state index in [1.54, 1.807) is 47.4 Å². The van der Waals surface area contributed by atoms with E-state index in [0.717, 1.165) is 0 Å². The summed E-state index contributed by atoms with van der Waals surface area (Å²) in [6.07, 6.45) is 0.308. The number of rotatable bonds is 2. The van der Waals surface area contributed by atoms with Crippen LogP contribution in [0, 0.1) is 0 Å². The van der Waals surface area contributed by atoms with Crippen LogP contribution in [0.2, 0.25) is 5.02 Å². The van der Waals surface area contributed by atoms with Gasteiger partial charge in [-0.25, -0.2) is 8.42 Å². The highest BCUT2D eigenvalue weighted by molar-refractivity contribution is 7.91. The fraction of sp³-hybridized carbons (Fsp3) is 0.316. The van der Waals surface area contributed by atoms with Crippen LogP contribution in [-0.4, -0.2) is 44.9 Å². The number of hydrogen-bond donors (Lipinski definition) is 0. The summed E-state index contributed by atoms with van der Waals surface area (Å²) in [6, 6.07) is 12.0. The minimum absolute atomic E-state index is 0.0980. The van der Waals surface area contributed by atoms with E-state index in [4.69, 9.17) is 21.1 Å². The molecule has 8 heteroatoms. The molecule has 1 fully saturated rings. The highest BCUT2D eigenvalue weighted by atomic mass is 35.5. The third kappa shape index (κ3) is 3.49. The number of halogens is 1. The molecule has 2 aliphatic heterocycles. The number of hydrogen-bond acceptors (Lipinski definition) is 5. The Labute approximate surface area is 162 Å². The third-order valence-corrected chi connectivity index (χ3v) is 7.35. The number of carbonyl (C=O) groups is 1. The first-order chi connectivity index (χ1) is 13.0. The molecule has 1 atom stereocenters. The molecule has 2 aromatic rings. The number of carbonyl (C=O) groups excluding carboxylic acids is 1. The normalized spacial score (nSPS) is 20.9. The zero-order valence-corrected chi connectivity index (χ0v) is 16.0. The molecule has 2 aliphatic rings. The van der Waals surface area contributed by atoms with Gasteiger partial charge in [0.1, 0.15) is 0 Å². The highest BCUT2D eigenvalue weighted by Gasteiger charge is 2.34. The first-order valence-corrected chi connectivity index (χ1v) is 10.7. The van der Waals surface area contributed by atoms with Gasteiger partial charge >= 0.3 is 0 Å². The maximum atomic E-state index is 12.9. The molecule has 1 saturated heterocycles. The van der Waals surface area contributed by atoms with Gasteiger partial charge in [0.05, 0.1) is 11.0 Å². The molecule has 0 bridgehead atoms. The number of fused-ring (bicyclic) bond motifs is 1. The SMILES string of the molecule is O=C(c1ccc2c(c1)OCO2)N1CCC(c2ccccc2Cl)S(=O)(=O)CC1. The Balaban J connectivity index is 1.57. The van der Waals surface area contributed by atoms with E-state index in [1.165, 1.54) is 0 Å². The van der Waals surface area contributed by atoms with Crippen molar-refractivity contribution in [1.82, 2.24) is 4.90 Å². The Hall–Kier alpha value is -2.25. The second-order valence-electron chi connectivity index (χ2n) is 6.53. The van der Waals surface area contributed by atoms with Crippen LogP contribution in [0.5, 0.6) is 11.5 Å². The predicted molar refractivity (Wildman–Crippen MR) is 101 cm³/mol. The topological polar surface area (TPSA) is 72.9 Å². The van der Waals surface area contributed by atoms with Crippen LogP contribution >= 0.6 is 11.6 Å². The Bertz CT molecular complexity index is 991. The van der Waals surface area contributed by atoms with Gasteiger partial charge in [-0.3, -0.25) is 4.79 Å². The summed E-state index contributed by atoms with van der Waals surface area (Å²) in [5.74, 6) is 0.809. The van der Waals surface area contributed by atoms with Crippen molar-refractivity contribution in [3.63, 3.8) is 0 Å². The quantitative estimate of drug-likeness (QED) is 0.765. The van der Waals surface area contributed by atoms with Crippen LogP contribution in [-0.2, 0) is 9.84 Å². The number of sulfone groups is 1. The van der Waals surface area contributed by atoms with Gasteiger partial charge in [-0.05, 0) is 36.2 Å². The summed E-state index contributed by atoms with van der Waals surface area (Å²) in [7, 11) is -3.42. The van der Waals surface area contributed by atoms with Crippen molar-refractivity contribution in [3.8, 4) is 11.5 Å². The summed E-state index contributed by atoms with van der Waals surface area (Å²) in [5.41, 5.74) is 1.05. The van der Waals surface area contributed by atoms with Crippen LogP contribution in [0.15, 0.2) is 42.5 Å². The Morgan fingerprint density at radius 1 is 1.07 bits per heavy atom. The molecular formula is C19H18ClNO5S. The maximum absolute atomic E-state index is 12.9. The Morgan fingerprint density at radius 3 is 2.67 bits per heavy atom. The lowest BCUT2D eigenvalue weighted by Crippen LogP contribution is -2.33. The molecule has 0 spiro atoms. The van der Waals surface area contributed by atoms with Crippen LogP contribution in [0.25, 0.3) is 0 Å². The molecule has 2 heterocycles. The summed E-state index contributed by atoms with van der Waals surface area (Å²) in [4.78, 5) is 14.5. The lowest BCUT2D eigenvalue weighted by molar-refractivity contribution is 0.0766. The number of amides is 1. The molecule has 0 radical (unpaired) electrons. The number of nitrogens with zero attached hydrogens (tertiary/aromatic N) is 1. The Kier molecular flexibility index (Phi) is 4.74. The van der Waals surface area contributed by atoms with Crippen molar-refractivity contribution in [2.24, 2.45) is 0 Å². The first-order valence-electron chi connectivity index (χ1n) is 8.60. The van der Waals surface area contributed by atoms with E-state index in [-0.39, 0.29) is 25.0 Å². The van der Waals surface area contributed by atoms with Crippen molar-refractivity contribution in [3.05, 3.63) is 58.6 Å². The molecule has 0 aliphatic carbocycles. The second kappa shape index (κ2) is 7.05. The average Bonchev–Trinajstić information content (AvgIpc) is 3.06. The van der Waals surface area contributed by atoms with Gasteiger partial charge < -0.3 is 14.4 Å². The van der Waals surface area contributed by atoms with Gasteiger partial charge in [-0.1, -0.05) is 29.8 Å². The zero-order valence-electron chi connectivity index (χ0n) is 14.4. The third-order valence-electron chi connectivity index (χ3n) is 4.90. The molecule has 0 saturated carbocycles. The van der Waals surface area contributed by atoms with E-state index in [0.29, 0.717) is 40.6 Å². The van der Waals surface area contributed by atoms with Gasteiger partial charge in [-0.2, -0.15) is 0 Å². The molecule has 0 aromatic heterocycles. The zero-order chi connectivity index (χ0) is 19.0. The van der Waals surface area contributed by atoms with E-state index in [9.17, 15) is 13.2 Å². The largest absolute Gasteiger partial charge is 0.454 e. The molecule has 27 heavy (non-hydrogen) atoms. The van der Waals surface area contributed by atoms with E-state index >= 15 is 0 Å². The van der Waals surface area contributed by atoms with Crippen LogP contribution < -0.4 is 9.47 Å². The minimum atomic E-state index is -3.42. The second-order valence-corrected chi connectivity index (χ2v) is 9.24. The maximum Gasteiger partial charge on any atom is 0.254 e. The van der Waals surface area contributed by atoms with Gasteiger partial charge in [0.2, 0.25) is 6.79 Å². The highest BCUT2D eigenvalue weighted by Crippen LogP contribution is 2.35. The lowest BCUT2D eigenvalue weighted by atomic mass is 10.1. The van der Waals surface area contributed by atoms with Crippen LogP contribution in [0.1, 0.15) is 27.6 Å². The molecule has 2 aromatic carbocycles. The Morgan fingerprint density at radius 2 is 1.85 bits per heavy atom.